The summed E-state index contributed by atoms with van der Waals surface area (Å²) in [5, 5.41) is 2.10. The Kier molecular flexibility index (Phi) is 4.71. The molecular weight excluding hydrogens is 296 g/mol. The first-order valence-corrected chi connectivity index (χ1v) is 7.33. The van der Waals surface area contributed by atoms with Gasteiger partial charge in [-0.25, -0.2) is 4.98 Å². The first-order valence-electron chi connectivity index (χ1n) is 5.59. The molecule has 90 valence electrons. The van der Waals surface area contributed by atoms with Gasteiger partial charge < -0.3 is 5.73 Å². The molecule has 17 heavy (non-hydrogen) atoms. The van der Waals surface area contributed by atoms with Crippen LogP contribution in [0.4, 0.5) is 0 Å². The van der Waals surface area contributed by atoms with Gasteiger partial charge in [0, 0.05) is 9.85 Å². The van der Waals surface area contributed by atoms with E-state index in [1.54, 1.807) is 11.3 Å². The summed E-state index contributed by atoms with van der Waals surface area (Å²) in [7, 11) is 0. The maximum Gasteiger partial charge on any atom is 0.0794 e. The summed E-state index contributed by atoms with van der Waals surface area (Å²) in [6, 6.07) is 8.44. The van der Waals surface area contributed by atoms with Crippen LogP contribution in [-0.2, 0) is 12.8 Å². The highest BCUT2D eigenvalue weighted by Gasteiger charge is 2.10. The van der Waals surface area contributed by atoms with E-state index in [9.17, 15) is 0 Å². The molecule has 2 aromatic rings. The summed E-state index contributed by atoms with van der Waals surface area (Å²) in [4.78, 5) is 4.32. The molecule has 0 bridgehead atoms. The van der Waals surface area contributed by atoms with E-state index in [0.29, 0.717) is 12.5 Å². The van der Waals surface area contributed by atoms with Gasteiger partial charge in [-0.15, -0.1) is 11.3 Å². The molecule has 1 aromatic heterocycles. The van der Waals surface area contributed by atoms with Crippen LogP contribution in [0.3, 0.4) is 0 Å². The van der Waals surface area contributed by atoms with E-state index in [4.69, 9.17) is 5.73 Å². The average molecular weight is 311 g/mol. The van der Waals surface area contributed by atoms with Crippen LogP contribution in [0.15, 0.2) is 39.6 Å². The Morgan fingerprint density at radius 3 is 2.59 bits per heavy atom. The van der Waals surface area contributed by atoms with Gasteiger partial charge >= 0.3 is 0 Å². The van der Waals surface area contributed by atoms with Crippen molar-refractivity contribution in [2.75, 3.05) is 6.54 Å². The number of halogens is 1. The third-order valence-electron chi connectivity index (χ3n) is 2.75. The molecule has 0 saturated carbocycles. The summed E-state index contributed by atoms with van der Waals surface area (Å²) in [6.07, 6.45) is 1.98. The lowest BCUT2D eigenvalue weighted by molar-refractivity contribution is 0.528. The van der Waals surface area contributed by atoms with Gasteiger partial charge in [-0.1, -0.05) is 28.1 Å². The molecule has 0 aliphatic rings. The van der Waals surface area contributed by atoms with Crippen LogP contribution in [0.5, 0.6) is 0 Å². The predicted octanol–water partition coefficient (Wildman–Crippen LogP) is 3.27. The standard InChI is InChI=1S/C13H15BrN2S/c14-12-3-1-10(2-4-12)5-11(7-15)6-13-8-17-9-16-13/h1-4,8-9,11H,5-7,15H2. The van der Waals surface area contributed by atoms with E-state index in [-0.39, 0.29) is 0 Å². The third-order valence-corrected chi connectivity index (χ3v) is 3.92. The molecule has 0 radical (unpaired) electrons. The molecule has 0 aliphatic carbocycles. The highest BCUT2D eigenvalue weighted by Crippen LogP contribution is 2.16. The van der Waals surface area contributed by atoms with Gasteiger partial charge in [-0.05, 0) is 43.0 Å². The number of nitrogens with two attached hydrogens (primary N) is 1. The normalized spacial score (nSPS) is 12.6. The van der Waals surface area contributed by atoms with Crippen LogP contribution in [0.1, 0.15) is 11.3 Å². The van der Waals surface area contributed by atoms with Crippen molar-refractivity contribution in [2.24, 2.45) is 11.7 Å². The Balaban J connectivity index is 1.97. The molecule has 1 aromatic carbocycles. The second-order valence-corrected chi connectivity index (χ2v) is 5.75. The van der Waals surface area contributed by atoms with Gasteiger partial charge in [0.1, 0.15) is 0 Å². The number of nitrogens with zero attached hydrogens (tertiary/aromatic N) is 1. The van der Waals surface area contributed by atoms with Crippen molar-refractivity contribution in [3.8, 4) is 0 Å². The molecule has 4 heteroatoms. The molecule has 1 unspecified atom stereocenters. The number of hydrogen-bond donors (Lipinski definition) is 1. The van der Waals surface area contributed by atoms with E-state index in [2.05, 4.69) is 50.6 Å². The Hall–Kier alpha value is -0.710. The fraction of sp³-hybridized carbons (Fsp3) is 0.308. The number of rotatable bonds is 5. The first kappa shape index (κ1) is 12.7. The van der Waals surface area contributed by atoms with Crippen LogP contribution in [0.2, 0.25) is 0 Å². The Labute approximate surface area is 114 Å². The fourth-order valence-corrected chi connectivity index (χ4v) is 2.66. The summed E-state index contributed by atoms with van der Waals surface area (Å²) >= 11 is 5.09. The quantitative estimate of drug-likeness (QED) is 0.920. The summed E-state index contributed by atoms with van der Waals surface area (Å²) in [5.41, 5.74) is 10.2. The molecule has 0 saturated heterocycles. The summed E-state index contributed by atoms with van der Waals surface area (Å²) in [5.74, 6) is 0.471. The fourth-order valence-electron chi connectivity index (χ4n) is 1.83. The maximum absolute atomic E-state index is 5.83. The minimum atomic E-state index is 0.471. The Bertz CT molecular complexity index is 439. The lowest BCUT2D eigenvalue weighted by atomic mass is 9.95. The predicted molar refractivity (Wildman–Crippen MR) is 76.2 cm³/mol. The first-order chi connectivity index (χ1) is 8.28. The van der Waals surface area contributed by atoms with E-state index in [1.807, 2.05) is 5.51 Å². The van der Waals surface area contributed by atoms with Crippen LogP contribution in [0, 0.1) is 5.92 Å². The maximum atomic E-state index is 5.83. The SMILES string of the molecule is NCC(Cc1ccc(Br)cc1)Cc1cscn1. The van der Waals surface area contributed by atoms with E-state index >= 15 is 0 Å². The molecule has 2 rings (SSSR count). The van der Waals surface area contributed by atoms with Gasteiger partial charge in [0.25, 0.3) is 0 Å². The second-order valence-electron chi connectivity index (χ2n) is 4.12. The lowest BCUT2D eigenvalue weighted by Crippen LogP contribution is -2.19. The van der Waals surface area contributed by atoms with Crippen molar-refractivity contribution >= 4 is 27.3 Å². The van der Waals surface area contributed by atoms with Gasteiger partial charge in [-0.2, -0.15) is 0 Å². The largest absolute Gasteiger partial charge is 0.330 e. The highest BCUT2D eigenvalue weighted by molar-refractivity contribution is 9.10. The summed E-state index contributed by atoms with van der Waals surface area (Å²) in [6.45, 7) is 0.702. The minimum Gasteiger partial charge on any atom is -0.330 e. The number of benzene rings is 1. The van der Waals surface area contributed by atoms with E-state index in [1.165, 1.54) is 5.56 Å². The minimum absolute atomic E-state index is 0.471. The van der Waals surface area contributed by atoms with Crippen molar-refractivity contribution in [1.29, 1.82) is 0 Å². The topological polar surface area (TPSA) is 38.9 Å². The van der Waals surface area contributed by atoms with Gasteiger partial charge in [-0.3, -0.25) is 0 Å². The van der Waals surface area contributed by atoms with E-state index < -0.39 is 0 Å². The molecule has 1 heterocycles. The molecule has 0 amide bonds. The smallest absolute Gasteiger partial charge is 0.0794 e. The van der Waals surface area contributed by atoms with Crippen molar-refractivity contribution in [3.05, 3.63) is 50.9 Å². The van der Waals surface area contributed by atoms with Crippen LogP contribution in [-0.4, -0.2) is 11.5 Å². The summed E-state index contributed by atoms with van der Waals surface area (Å²) < 4.78 is 1.12. The molecular formula is C13H15BrN2S. The zero-order valence-corrected chi connectivity index (χ0v) is 11.9. The monoisotopic (exact) mass is 310 g/mol. The van der Waals surface area contributed by atoms with Crippen LogP contribution < -0.4 is 5.73 Å². The van der Waals surface area contributed by atoms with Gasteiger partial charge in [0.15, 0.2) is 0 Å². The van der Waals surface area contributed by atoms with Crippen LogP contribution in [0.25, 0.3) is 0 Å². The zero-order chi connectivity index (χ0) is 12.1. The van der Waals surface area contributed by atoms with Crippen molar-refractivity contribution in [1.82, 2.24) is 4.98 Å². The molecule has 2 N–H and O–H groups in total. The molecule has 1 atom stereocenters. The van der Waals surface area contributed by atoms with Crippen LogP contribution >= 0.6 is 27.3 Å². The number of hydrogen-bond acceptors (Lipinski definition) is 3. The van der Waals surface area contributed by atoms with Crippen molar-refractivity contribution in [2.45, 2.75) is 12.8 Å². The molecule has 0 spiro atoms. The van der Waals surface area contributed by atoms with Crippen molar-refractivity contribution in [3.63, 3.8) is 0 Å². The lowest BCUT2D eigenvalue weighted by Gasteiger charge is -2.13. The number of aromatic nitrogens is 1. The Morgan fingerprint density at radius 2 is 2.00 bits per heavy atom. The Morgan fingerprint density at radius 1 is 1.24 bits per heavy atom. The third kappa shape index (κ3) is 3.91. The average Bonchev–Trinajstić information content (AvgIpc) is 2.84. The van der Waals surface area contributed by atoms with Crippen molar-refractivity contribution < 1.29 is 0 Å². The number of thiazole rings is 1. The van der Waals surface area contributed by atoms with Gasteiger partial charge in [0.05, 0.1) is 11.2 Å². The molecule has 2 nitrogen and oxygen atoms in total. The molecule has 0 fully saturated rings. The highest BCUT2D eigenvalue weighted by atomic mass is 79.9. The van der Waals surface area contributed by atoms with Gasteiger partial charge in [0.2, 0.25) is 0 Å². The van der Waals surface area contributed by atoms with E-state index in [0.717, 1.165) is 23.0 Å². The second kappa shape index (κ2) is 6.28. The molecule has 0 aliphatic heterocycles. The zero-order valence-electron chi connectivity index (χ0n) is 9.47.